The van der Waals surface area contributed by atoms with E-state index in [1.807, 2.05) is 60.7 Å². The van der Waals surface area contributed by atoms with Gasteiger partial charge in [-0.2, -0.15) is 0 Å². The highest BCUT2D eigenvalue weighted by molar-refractivity contribution is 6.13. The Kier molecular flexibility index (Phi) is 3.97. The lowest BCUT2D eigenvalue weighted by atomic mass is 9.90. The molecule has 4 nitrogen and oxygen atoms in total. The molecule has 3 aromatic carbocycles. The maximum Gasteiger partial charge on any atom is 0.256 e. The molecule has 138 valence electrons. The van der Waals surface area contributed by atoms with E-state index >= 15 is 0 Å². The van der Waals surface area contributed by atoms with Crippen LogP contribution in [0.2, 0.25) is 0 Å². The number of pyridine rings is 1. The van der Waals surface area contributed by atoms with E-state index in [2.05, 4.69) is 10.3 Å². The molecular weight excluding hydrogens is 348 g/mol. The van der Waals surface area contributed by atoms with Crippen molar-refractivity contribution >= 4 is 33.3 Å². The average molecular weight is 368 g/mol. The van der Waals surface area contributed by atoms with Crippen LogP contribution in [0.15, 0.2) is 65.5 Å². The van der Waals surface area contributed by atoms with Gasteiger partial charge in [-0.05, 0) is 60.2 Å². The van der Waals surface area contributed by atoms with E-state index in [0.29, 0.717) is 11.3 Å². The normalized spacial score (nSPS) is 13.4. The van der Waals surface area contributed by atoms with Crippen molar-refractivity contribution in [2.45, 2.75) is 25.7 Å². The SMILES string of the molecule is O=C(Nc1ccc2c3c(c(=O)[nH]c2c1)CCCC3)c1cccc2ccccc12. The first-order valence-corrected chi connectivity index (χ1v) is 9.67. The second-order valence-electron chi connectivity index (χ2n) is 7.36. The zero-order valence-electron chi connectivity index (χ0n) is 15.4. The molecule has 0 aliphatic heterocycles. The van der Waals surface area contributed by atoms with Gasteiger partial charge in [0.2, 0.25) is 0 Å². The van der Waals surface area contributed by atoms with Crippen LogP contribution in [-0.2, 0) is 12.8 Å². The van der Waals surface area contributed by atoms with Crippen LogP contribution in [0.3, 0.4) is 0 Å². The maximum absolute atomic E-state index is 12.9. The quantitative estimate of drug-likeness (QED) is 0.533. The minimum atomic E-state index is -0.156. The first-order valence-electron chi connectivity index (χ1n) is 9.67. The van der Waals surface area contributed by atoms with Gasteiger partial charge in [-0.3, -0.25) is 9.59 Å². The minimum Gasteiger partial charge on any atom is -0.322 e. The fourth-order valence-corrected chi connectivity index (χ4v) is 4.26. The summed E-state index contributed by atoms with van der Waals surface area (Å²) in [5.41, 5.74) is 4.18. The number of anilines is 1. The Hall–Kier alpha value is -3.40. The number of carbonyl (C=O) groups excluding carboxylic acids is 1. The zero-order valence-corrected chi connectivity index (χ0v) is 15.4. The predicted molar refractivity (Wildman–Crippen MR) is 113 cm³/mol. The topological polar surface area (TPSA) is 62.0 Å². The number of amides is 1. The van der Waals surface area contributed by atoms with Crippen LogP contribution in [-0.4, -0.2) is 10.9 Å². The van der Waals surface area contributed by atoms with Gasteiger partial charge in [-0.25, -0.2) is 0 Å². The van der Waals surface area contributed by atoms with Crippen LogP contribution in [0.5, 0.6) is 0 Å². The summed E-state index contributed by atoms with van der Waals surface area (Å²) in [6.07, 6.45) is 3.98. The van der Waals surface area contributed by atoms with Gasteiger partial charge in [0.1, 0.15) is 0 Å². The van der Waals surface area contributed by atoms with E-state index in [-0.39, 0.29) is 11.5 Å². The van der Waals surface area contributed by atoms with Gasteiger partial charge < -0.3 is 10.3 Å². The smallest absolute Gasteiger partial charge is 0.256 e. The molecule has 4 heteroatoms. The summed E-state index contributed by atoms with van der Waals surface area (Å²) in [4.78, 5) is 28.3. The number of carbonyl (C=O) groups is 1. The van der Waals surface area contributed by atoms with E-state index in [0.717, 1.165) is 58.5 Å². The number of aryl methyl sites for hydroxylation is 1. The highest BCUT2D eigenvalue weighted by Crippen LogP contribution is 2.27. The molecule has 1 aliphatic carbocycles. The Labute approximate surface area is 162 Å². The molecular formula is C24H20N2O2. The van der Waals surface area contributed by atoms with Crippen molar-refractivity contribution in [3.63, 3.8) is 0 Å². The molecule has 0 atom stereocenters. The van der Waals surface area contributed by atoms with Crippen LogP contribution >= 0.6 is 0 Å². The lowest BCUT2D eigenvalue weighted by molar-refractivity contribution is 0.102. The average Bonchev–Trinajstić information content (AvgIpc) is 2.73. The molecule has 0 spiro atoms. The molecule has 4 aromatic rings. The summed E-state index contributed by atoms with van der Waals surface area (Å²) in [6, 6.07) is 19.3. The standard InChI is InChI=1S/C24H20N2O2/c27-23(20-11-5-7-15-6-1-2-8-17(15)20)25-16-12-13-19-18-9-3-4-10-21(18)24(28)26-22(19)14-16/h1-2,5-8,11-14H,3-4,9-10H2,(H,25,27)(H,26,28). The molecule has 0 saturated heterocycles. The predicted octanol–water partition coefficient (Wildman–Crippen LogP) is 4.81. The molecule has 1 aromatic heterocycles. The van der Waals surface area contributed by atoms with Gasteiger partial charge in [0.25, 0.3) is 11.5 Å². The molecule has 1 amide bonds. The summed E-state index contributed by atoms with van der Waals surface area (Å²) in [7, 11) is 0. The number of nitrogens with one attached hydrogen (secondary N) is 2. The molecule has 0 saturated carbocycles. The Morgan fingerprint density at radius 1 is 0.857 bits per heavy atom. The number of hydrogen-bond donors (Lipinski definition) is 2. The van der Waals surface area contributed by atoms with Crippen LogP contribution in [0.25, 0.3) is 21.7 Å². The summed E-state index contributed by atoms with van der Waals surface area (Å²) in [5, 5.41) is 6.02. The molecule has 2 N–H and O–H groups in total. The summed E-state index contributed by atoms with van der Waals surface area (Å²) >= 11 is 0. The zero-order chi connectivity index (χ0) is 19.1. The van der Waals surface area contributed by atoms with Gasteiger partial charge in [0, 0.05) is 22.2 Å². The van der Waals surface area contributed by atoms with Crippen LogP contribution in [0, 0.1) is 0 Å². The Bertz CT molecular complexity index is 1280. The first kappa shape index (κ1) is 16.8. The van der Waals surface area contributed by atoms with Crippen molar-refractivity contribution in [3.05, 3.63) is 87.7 Å². The third-order valence-electron chi connectivity index (χ3n) is 5.63. The number of aromatic amines is 1. The molecule has 1 aliphatic rings. The summed E-state index contributed by atoms with van der Waals surface area (Å²) in [5.74, 6) is -0.156. The molecule has 5 rings (SSSR count). The molecule has 0 unspecified atom stereocenters. The van der Waals surface area contributed by atoms with E-state index in [1.54, 1.807) is 0 Å². The first-order chi connectivity index (χ1) is 13.7. The van der Waals surface area contributed by atoms with Crippen LogP contribution in [0.4, 0.5) is 5.69 Å². The van der Waals surface area contributed by atoms with Crippen molar-refractivity contribution in [1.82, 2.24) is 4.98 Å². The number of fused-ring (bicyclic) bond motifs is 4. The van der Waals surface area contributed by atoms with E-state index < -0.39 is 0 Å². The summed E-state index contributed by atoms with van der Waals surface area (Å²) < 4.78 is 0. The minimum absolute atomic E-state index is 0.000250. The van der Waals surface area contributed by atoms with E-state index in [9.17, 15) is 9.59 Å². The number of aromatic nitrogens is 1. The van der Waals surface area contributed by atoms with Crippen molar-refractivity contribution in [3.8, 4) is 0 Å². The fraction of sp³-hybridized carbons (Fsp3) is 0.167. The number of benzene rings is 3. The van der Waals surface area contributed by atoms with Crippen molar-refractivity contribution in [2.24, 2.45) is 0 Å². The number of hydrogen-bond acceptors (Lipinski definition) is 2. The highest BCUT2D eigenvalue weighted by Gasteiger charge is 2.17. The monoisotopic (exact) mass is 368 g/mol. The third kappa shape index (κ3) is 2.78. The van der Waals surface area contributed by atoms with Gasteiger partial charge in [0.05, 0.1) is 5.52 Å². The van der Waals surface area contributed by atoms with Crippen molar-refractivity contribution < 1.29 is 4.79 Å². The number of rotatable bonds is 2. The Balaban J connectivity index is 1.53. The highest BCUT2D eigenvalue weighted by atomic mass is 16.1. The lowest BCUT2D eigenvalue weighted by Gasteiger charge is -2.17. The molecule has 0 bridgehead atoms. The van der Waals surface area contributed by atoms with Gasteiger partial charge >= 0.3 is 0 Å². The summed E-state index contributed by atoms with van der Waals surface area (Å²) in [6.45, 7) is 0. The maximum atomic E-state index is 12.9. The second-order valence-corrected chi connectivity index (χ2v) is 7.36. The van der Waals surface area contributed by atoms with Gasteiger partial charge in [-0.15, -0.1) is 0 Å². The second kappa shape index (κ2) is 6.64. The van der Waals surface area contributed by atoms with Crippen molar-refractivity contribution in [1.29, 1.82) is 0 Å². The third-order valence-corrected chi connectivity index (χ3v) is 5.63. The van der Waals surface area contributed by atoms with Gasteiger partial charge in [0.15, 0.2) is 0 Å². The molecule has 1 heterocycles. The van der Waals surface area contributed by atoms with Crippen LogP contribution < -0.4 is 10.9 Å². The van der Waals surface area contributed by atoms with E-state index in [1.165, 1.54) is 0 Å². The lowest BCUT2D eigenvalue weighted by Crippen LogP contribution is -2.19. The van der Waals surface area contributed by atoms with Crippen LogP contribution in [0.1, 0.15) is 34.3 Å². The van der Waals surface area contributed by atoms with Gasteiger partial charge in [-0.1, -0.05) is 42.5 Å². The Morgan fingerprint density at radius 2 is 1.64 bits per heavy atom. The molecule has 28 heavy (non-hydrogen) atoms. The molecule has 0 radical (unpaired) electrons. The van der Waals surface area contributed by atoms with E-state index in [4.69, 9.17) is 0 Å². The fourth-order valence-electron chi connectivity index (χ4n) is 4.26. The Morgan fingerprint density at radius 3 is 2.54 bits per heavy atom. The number of H-pyrrole nitrogens is 1. The van der Waals surface area contributed by atoms with Crippen molar-refractivity contribution in [2.75, 3.05) is 5.32 Å². The molecule has 0 fully saturated rings. The largest absolute Gasteiger partial charge is 0.322 e.